The van der Waals surface area contributed by atoms with E-state index >= 15 is 0 Å². The van der Waals surface area contributed by atoms with E-state index < -0.39 is 12.0 Å². The van der Waals surface area contributed by atoms with E-state index in [1.54, 1.807) is 18.3 Å². The van der Waals surface area contributed by atoms with Crippen molar-refractivity contribution in [2.45, 2.75) is 26.3 Å². The van der Waals surface area contributed by atoms with E-state index in [-0.39, 0.29) is 12.3 Å². The molecule has 0 fully saturated rings. The van der Waals surface area contributed by atoms with Gasteiger partial charge in [-0.25, -0.2) is 0 Å². The molecule has 142 valence electrons. The van der Waals surface area contributed by atoms with Crippen molar-refractivity contribution in [2.24, 2.45) is 0 Å². The van der Waals surface area contributed by atoms with Crippen LogP contribution in [0.4, 0.5) is 0 Å². The van der Waals surface area contributed by atoms with E-state index in [0.29, 0.717) is 11.3 Å². The zero-order valence-corrected chi connectivity index (χ0v) is 15.8. The van der Waals surface area contributed by atoms with Crippen LogP contribution in [0.1, 0.15) is 39.5 Å². The highest BCUT2D eigenvalue weighted by Crippen LogP contribution is 2.23. The van der Waals surface area contributed by atoms with Crippen molar-refractivity contribution in [1.29, 1.82) is 0 Å². The number of benzene rings is 2. The Labute approximate surface area is 164 Å². The Balaban J connectivity index is 1.87. The van der Waals surface area contributed by atoms with Gasteiger partial charge in [0.1, 0.15) is 0 Å². The molecule has 28 heavy (non-hydrogen) atoms. The zero-order valence-electron chi connectivity index (χ0n) is 15.8. The molecule has 1 amide bonds. The van der Waals surface area contributed by atoms with Crippen LogP contribution in [0.15, 0.2) is 66.9 Å². The molecule has 0 radical (unpaired) electrons. The first-order valence-corrected chi connectivity index (χ1v) is 9.05. The van der Waals surface area contributed by atoms with Crippen LogP contribution in [-0.4, -0.2) is 22.0 Å². The minimum absolute atomic E-state index is 0.188. The fourth-order valence-electron chi connectivity index (χ4n) is 3.17. The van der Waals surface area contributed by atoms with Gasteiger partial charge in [0.2, 0.25) is 0 Å². The number of nitrogens with one attached hydrogen (secondary N) is 1. The average molecular weight is 374 g/mol. The standard InChI is InChI=1S/C23H22N2O3/c1-15-6-5-8-17(12-15)20-13-18(10-11-24-20)23(28)25-21(14-22(26)27)19-9-4-3-7-16(19)2/h3-13,21H,14H2,1-2H3,(H,25,28)(H,26,27)/t21-/m0/s1. The third kappa shape index (κ3) is 4.62. The third-order valence-electron chi connectivity index (χ3n) is 4.58. The molecule has 0 bridgehead atoms. The normalized spacial score (nSPS) is 11.6. The van der Waals surface area contributed by atoms with E-state index in [0.717, 1.165) is 22.3 Å². The Kier molecular flexibility index (Phi) is 5.84. The number of amides is 1. The number of carbonyl (C=O) groups excluding carboxylic acids is 1. The summed E-state index contributed by atoms with van der Waals surface area (Å²) in [5, 5.41) is 12.1. The molecule has 2 N–H and O–H groups in total. The highest BCUT2D eigenvalue weighted by atomic mass is 16.4. The van der Waals surface area contributed by atoms with Crippen LogP contribution in [0.2, 0.25) is 0 Å². The van der Waals surface area contributed by atoms with Gasteiger partial charge in [-0.2, -0.15) is 0 Å². The van der Waals surface area contributed by atoms with E-state index in [9.17, 15) is 14.7 Å². The molecule has 0 unspecified atom stereocenters. The number of pyridine rings is 1. The highest BCUT2D eigenvalue weighted by Gasteiger charge is 2.20. The summed E-state index contributed by atoms with van der Waals surface area (Å²) >= 11 is 0. The largest absolute Gasteiger partial charge is 0.481 e. The molecule has 5 heteroatoms. The summed E-state index contributed by atoms with van der Waals surface area (Å²) < 4.78 is 0. The van der Waals surface area contributed by atoms with Gasteiger partial charge in [0.05, 0.1) is 18.2 Å². The lowest BCUT2D eigenvalue weighted by molar-refractivity contribution is -0.137. The molecule has 1 atom stereocenters. The molecule has 0 saturated carbocycles. The van der Waals surface area contributed by atoms with Gasteiger partial charge in [0.15, 0.2) is 0 Å². The summed E-state index contributed by atoms with van der Waals surface area (Å²) in [5.41, 5.74) is 4.90. The van der Waals surface area contributed by atoms with Gasteiger partial charge in [0, 0.05) is 17.3 Å². The lowest BCUT2D eigenvalue weighted by Gasteiger charge is -2.19. The van der Waals surface area contributed by atoms with E-state index in [2.05, 4.69) is 10.3 Å². The molecule has 3 rings (SSSR count). The molecule has 0 aliphatic heterocycles. The number of aromatic nitrogens is 1. The maximum Gasteiger partial charge on any atom is 0.305 e. The molecule has 0 spiro atoms. The van der Waals surface area contributed by atoms with Gasteiger partial charge < -0.3 is 10.4 Å². The number of aliphatic carboxylic acids is 1. The fourth-order valence-corrected chi connectivity index (χ4v) is 3.17. The van der Waals surface area contributed by atoms with Gasteiger partial charge in [0.25, 0.3) is 5.91 Å². The Morgan fingerprint density at radius 3 is 2.54 bits per heavy atom. The van der Waals surface area contributed by atoms with Crippen molar-refractivity contribution in [3.63, 3.8) is 0 Å². The maximum atomic E-state index is 12.8. The summed E-state index contributed by atoms with van der Waals surface area (Å²) in [4.78, 5) is 28.5. The van der Waals surface area contributed by atoms with Gasteiger partial charge >= 0.3 is 5.97 Å². The molecule has 1 heterocycles. The second kappa shape index (κ2) is 8.48. The van der Waals surface area contributed by atoms with Crippen LogP contribution in [0.3, 0.4) is 0 Å². The van der Waals surface area contributed by atoms with Gasteiger partial charge in [-0.15, -0.1) is 0 Å². The Morgan fingerprint density at radius 2 is 1.82 bits per heavy atom. The quantitative estimate of drug-likeness (QED) is 0.674. The lowest BCUT2D eigenvalue weighted by Crippen LogP contribution is -2.30. The predicted molar refractivity (Wildman–Crippen MR) is 108 cm³/mol. The van der Waals surface area contributed by atoms with E-state index in [1.807, 2.05) is 62.4 Å². The maximum absolute atomic E-state index is 12.8. The number of hydrogen-bond acceptors (Lipinski definition) is 3. The summed E-state index contributed by atoms with van der Waals surface area (Å²) in [5.74, 6) is -1.30. The van der Waals surface area contributed by atoms with Crippen molar-refractivity contribution in [2.75, 3.05) is 0 Å². The number of carbonyl (C=O) groups is 2. The second-order valence-electron chi connectivity index (χ2n) is 6.78. The van der Waals surface area contributed by atoms with Crippen LogP contribution in [-0.2, 0) is 4.79 Å². The molecule has 0 aliphatic rings. The van der Waals surface area contributed by atoms with E-state index in [4.69, 9.17) is 0 Å². The summed E-state index contributed by atoms with van der Waals surface area (Å²) in [6.45, 7) is 3.90. The van der Waals surface area contributed by atoms with Crippen LogP contribution >= 0.6 is 0 Å². The SMILES string of the molecule is Cc1cccc(-c2cc(C(=O)N[C@@H](CC(=O)O)c3ccccc3C)ccn2)c1. The molecular weight excluding hydrogens is 352 g/mol. The van der Waals surface area contributed by atoms with Crippen molar-refractivity contribution in [3.8, 4) is 11.3 Å². The number of rotatable bonds is 6. The minimum atomic E-state index is -0.969. The first-order valence-electron chi connectivity index (χ1n) is 9.05. The molecule has 3 aromatic rings. The first kappa shape index (κ1) is 19.3. The molecule has 0 aliphatic carbocycles. The van der Waals surface area contributed by atoms with Crippen LogP contribution in [0.25, 0.3) is 11.3 Å². The first-order chi connectivity index (χ1) is 13.4. The number of nitrogens with zero attached hydrogens (tertiary/aromatic N) is 1. The Morgan fingerprint density at radius 1 is 1.04 bits per heavy atom. The topological polar surface area (TPSA) is 79.3 Å². The summed E-state index contributed by atoms with van der Waals surface area (Å²) in [7, 11) is 0. The molecule has 1 aromatic heterocycles. The van der Waals surface area contributed by atoms with Crippen molar-refractivity contribution in [1.82, 2.24) is 10.3 Å². The monoisotopic (exact) mass is 374 g/mol. The second-order valence-corrected chi connectivity index (χ2v) is 6.78. The number of hydrogen-bond donors (Lipinski definition) is 2. The van der Waals surface area contributed by atoms with Gasteiger partial charge in [-0.05, 0) is 43.2 Å². The van der Waals surface area contributed by atoms with Crippen molar-refractivity contribution >= 4 is 11.9 Å². The average Bonchev–Trinajstić information content (AvgIpc) is 2.67. The molecule has 0 saturated heterocycles. The Bertz CT molecular complexity index is 1010. The third-order valence-corrected chi connectivity index (χ3v) is 4.58. The van der Waals surface area contributed by atoms with Crippen molar-refractivity contribution in [3.05, 3.63) is 89.1 Å². The fraction of sp³-hybridized carbons (Fsp3) is 0.174. The number of carboxylic acid groups (broad SMARTS) is 1. The number of aryl methyl sites for hydroxylation is 2. The molecule has 2 aromatic carbocycles. The van der Waals surface area contributed by atoms with Crippen LogP contribution < -0.4 is 5.32 Å². The van der Waals surface area contributed by atoms with E-state index in [1.165, 1.54) is 0 Å². The minimum Gasteiger partial charge on any atom is -0.481 e. The zero-order chi connectivity index (χ0) is 20.1. The predicted octanol–water partition coefficient (Wildman–Crippen LogP) is 4.31. The van der Waals surface area contributed by atoms with Crippen molar-refractivity contribution < 1.29 is 14.7 Å². The number of carboxylic acids is 1. The Hall–Kier alpha value is -3.47. The highest BCUT2D eigenvalue weighted by molar-refractivity contribution is 5.95. The summed E-state index contributed by atoms with van der Waals surface area (Å²) in [6, 6.07) is 18.1. The van der Waals surface area contributed by atoms with Gasteiger partial charge in [-0.3, -0.25) is 14.6 Å². The van der Waals surface area contributed by atoms with Crippen LogP contribution in [0, 0.1) is 13.8 Å². The molecular formula is C23H22N2O3. The van der Waals surface area contributed by atoms with Crippen LogP contribution in [0.5, 0.6) is 0 Å². The smallest absolute Gasteiger partial charge is 0.305 e. The van der Waals surface area contributed by atoms with Gasteiger partial charge in [-0.1, -0.05) is 48.0 Å². The lowest BCUT2D eigenvalue weighted by atomic mass is 9.98. The summed E-state index contributed by atoms with van der Waals surface area (Å²) in [6.07, 6.45) is 1.40. The molecule has 5 nitrogen and oxygen atoms in total.